The molecule has 21 heavy (non-hydrogen) atoms. The summed E-state index contributed by atoms with van der Waals surface area (Å²) in [7, 11) is 0. The molecule has 0 amide bonds. The second kappa shape index (κ2) is 6.06. The molecule has 3 aromatic rings. The van der Waals surface area contributed by atoms with Gasteiger partial charge in [0.2, 0.25) is 11.7 Å². The van der Waals surface area contributed by atoms with Crippen LogP contribution in [0.3, 0.4) is 0 Å². The molecule has 0 radical (unpaired) electrons. The minimum atomic E-state index is 0.214. The van der Waals surface area contributed by atoms with Gasteiger partial charge in [-0.05, 0) is 23.4 Å². The Morgan fingerprint density at radius 1 is 1.14 bits per heavy atom. The zero-order valence-electron chi connectivity index (χ0n) is 12.3. The molecule has 1 unspecified atom stereocenters. The first-order chi connectivity index (χ1) is 10.3. The Hall–Kier alpha value is -2.20. The van der Waals surface area contributed by atoms with Crippen molar-refractivity contribution in [1.82, 2.24) is 15.5 Å². The highest BCUT2D eigenvalue weighted by Gasteiger charge is 2.14. The summed E-state index contributed by atoms with van der Waals surface area (Å²) >= 11 is 0. The Labute approximate surface area is 124 Å². The zero-order chi connectivity index (χ0) is 14.7. The summed E-state index contributed by atoms with van der Waals surface area (Å²) in [4.78, 5) is 4.52. The fourth-order valence-electron chi connectivity index (χ4n) is 2.33. The maximum atomic E-state index is 5.39. The summed E-state index contributed by atoms with van der Waals surface area (Å²) in [5.41, 5.74) is 0.986. The monoisotopic (exact) mass is 281 g/mol. The van der Waals surface area contributed by atoms with Gasteiger partial charge in [-0.25, -0.2) is 0 Å². The standard InChI is InChI=1S/C17H19N3O/c1-3-18-11-12(2)17-19-16(20-21-17)15-9-8-13-6-4-5-7-14(13)10-15/h4-10,12,18H,3,11H2,1-2H3. The van der Waals surface area contributed by atoms with E-state index in [1.807, 2.05) is 18.2 Å². The zero-order valence-corrected chi connectivity index (χ0v) is 12.3. The number of benzene rings is 2. The van der Waals surface area contributed by atoms with Crippen LogP contribution < -0.4 is 5.32 Å². The summed E-state index contributed by atoms with van der Waals surface area (Å²) in [5.74, 6) is 1.55. The number of nitrogens with one attached hydrogen (secondary N) is 1. The van der Waals surface area contributed by atoms with Crippen molar-refractivity contribution in [2.24, 2.45) is 0 Å². The molecule has 0 spiro atoms. The molecule has 0 aliphatic heterocycles. The molecule has 1 atom stereocenters. The predicted molar refractivity (Wildman–Crippen MR) is 84.2 cm³/mol. The summed E-state index contributed by atoms with van der Waals surface area (Å²) in [6.45, 7) is 5.95. The summed E-state index contributed by atoms with van der Waals surface area (Å²) in [6.07, 6.45) is 0. The molecule has 3 rings (SSSR count). The van der Waals surface area contributed by atoms with Gasteiger partial charge in [-0.2, -0.15) is 4.98 Å². The second-order valence-electron chi connectivity index (χ2n) is 5.23. The third-order valence-corrected chi connectivity index (χ3v) is 3.57. The van der Waals surface area contributed by atoms with Gasteiger partial charge in [-0.1, -0.05) is 55.4 Å². The molecule has 0 aliphatic carbocycles. The Bertz CT molecular complexity index is 735. The molecule has 0 fully saturated rings. The van der Waals surface area contributed by atoms with E-state index in [1.54, 1.807) is 0 Å². The van der Waals surface area contributed by atoms with Gasteiger partial charge in [0.25, 0.3) is 0 Å². The van der Waals surface area contributed by atoms with Crippen LogP contribution in [0, 0.1) is 0 Å². The van der Waals surface area contributed by atoms with Crippen LogP contribution in [0.5, 0.6) is 0 Å². The molecular formula is C17H19N3O. The number of fused-ring (bicyclic) bond motifs is 1. The Balaban J connectivity index is 1.87. The van der Waals surface area contributed by atoms with Gasteiger partial charge < -0.3 is 9.84 Å². The van der Waals surface area contributed by atoms with Gasteiger partial charge in [0.1, 0.15) is 0 Å². The number of rotatable bonds is 5. The highest BCUT2D eigenvalue weighted by molar-refractivity contribution is 5.86. The Morgan fingerprint density at radius 2 is 1.95 bits per heavy atom. The van der Waals surface area contributed by atoms with Crippen LogP contribution in [0.2, 0.25) is 0 Å². The van der Waals surface area contributed by atoms with Crippen LogP contribution in [0.15, 0.2) is 47.0 Å². The lowest BCUT2D eigenvalue weighted by Crippen LogP contribution is -2.19. The van der Waals surface area contributed by atoms with E-state index in [9.17, 15) is 0 Å². The number of nitrogens with zero attached hydrogens (tertiary/aromatic N) is 2. The quantitative estimate of drug-likeness (QED) is 0.776. The lowest BCUT2D eigenvalue weighted by molar-refractivity contribution is 0.355. The van der Waals surface area contributed by atoms with Crippen molar-refractivity contribution in [2.75, 3.05) is 13.1 Å². The number of aromatic nitrogens is 2. The molecule has 1 N–H and O–H groups in total. The molecule has 0 saturated carbocycles. The molecular weight excluding hydrogens is 262 g/mol. The van der Waals surface area contributed by atoms with Gasteiger partial charge in [0.15, 0.2) is 0 Å². The van der Waals surface area contributed by atoms with Crippen molar-refractivity contribution in [3.63, 3.8) is 0 Å². The van der Waals surface area contributed by atoms with Crippen LogP contribution in [0.1, 0.15) is 25.7 Å². The van der Waals surface area contributed by atoms with Crippen molar-refractivity contribution in [3.05, 3.63) is 48.4 Å². The smallest absolute Gasteiger partial charge is 0.231 e. The van der Waals surface area contributed by atoms with E-state index < -0.39 is 0 Å². The molecule has 4 heteroatoms. The first kappa shape index (κ1) is 13.8. The van der Waals surface area contributed by atoms with Crippen molar-refractivity contribution < 1.29 is 4.52 Å². The van der Waals surface area contributed by atoms with Gasteiger partial charge in [0.05, 0.1) is 0 Å². The number of hydrogen-bond acceptors (Lipinski definition) is 4. The SMILES string of the molecule is CCNCC(C)c1nc(-c2ccc3ccccc3c2)no1. The van der Waals surface area contributed by atoms with Gasteiger partial charge >= 0.3 is 0 Å². The van der Waals surface area contributed by atoms with Crippen LogP contribution in [-0.4, -0.2) is 23.2 Å². The van der Waals surface area contributed by atoms with E-state index in [0.717, 1.165) is 18.7 Å². The largest absolute Gasteiger partial charge is 0.339 e. The van der Waals surface area contributed by atoms with Crippen LogP contribution in [0.25, 0.3) is 22.2 Å². The van der Waals surface area contributed by atoms with Crippen LogP contribution in [0.4, 0.5) is 0 Å². The van der Waals surface area contributed by atoms with E-state index in [-0.39, 0.29) is 5.92 Å². The molecule has 4 nitrogen and oxygen atoms in total. The second-order valence-corrected chi connectivity index (χ2v) is 5.23. The highest BCUT2D eigenvalue weighted by Crippen LogP contribution is 2.23. The lowest BCUT2D eigenvalue weighted by atomic mass is 10.1. The maximum absolute atomic E-state index is 5.39. The third kappa shape index (κ3) is 2.95. The summed E-state index contributed by atoms with van der Waals surface area (Å²) in [6, 6.07) is 14.5. The predicted octanol–water partition coefficient (Wildman–Crippen LogP) is 3.60. The van der Waals surface area contributed by atoms with Crippen molar-refractivity contribution >= 4 is 10.8 Å². The summed E-state index contributed by atoms with van der Waals surface area (Å²) in [5, 5.41) is 9.80. The van der Waals surface area contributed by atoms with Crippen molar-refractivity contribution in [3.8, 4) is 11.4 Å². The normalized spacial score (nSPS) is 12.7. The van der Waals surface area contributed by atoms with Gasteiger partial charge in [0, 0.05) is 18.0 Å². The Kier molecular flexibility index (Phi) is 3.97. The van der Waals surface area contributed by atoms with Gasteiger partial charge in [-0.15, -0.1) is 0 Å². The Morgan fingerprint density at radius 3 is 2.76 bits per heavy atom. The average molecular weight is 281 g/mol. The fraction of sp³-hybridized carbons (Fsp3) is 0.294. The topological polar surface area (TPSA) is 51.0 Å². The van der Waals surface area contributed by atoms with E-state index >= 15 is 0 Å². The molecule has 0 bridgehead atoms. The first-order valence-electron chi connectivity index (χ1n) is 7.31. The molecule has 108 valence electrons. The molecule has 1 heterocycles. The number of likely N-dealkylation sites (N-methyl/N-ethyl adjacent to an activating group) is 1. The maximum Gasteiger partial charge on any atom is 0.231 e. The van der Waals surface area contributed by atoms with Crippen molar-refractivity contribution in [1.29, 1.82) is 0 Å². The third-order valence-electron chi connectivity index (χ3n) is 3.57. The number of hydrogen-bond donors (Lipinski definition) is 1. The van der Waals surface area contributed by atoms with E-state index in [0.29, 0.717) is 11.7 Å². The molecule has 0 aliphatic rings. The molecule has 2 aromatic carbocycles. The van der Waals surface area contributed by atoms with E-state index in [1.165, 1.54) is 10.8 Å². The minimum Gasteiger partial charge on any atom is -0.339 e. The van der Waals surface area contributed by atoms with Crippen LogP contribution in [-0.2, 0) is 0 Å². The highest BCUT2D eigenvalue weighted by atomic mass is 16.5. The average Bonchev–Trinajstić information content (AvgIpc) is 3.02. The van der Waals surface area contributed by atoms with E-state index in [4.69, 9.17) is 4.52 Å². The first-order valence-corrected chi connectivity index (χ1v) is 7.31. The molecule has 1 aromatic heterocycles. The minimum absolute atomic E-state index is 0.214. The van der Waals surface area contributed by atoms with Crippen LogP contribution >= 0.6 is 0 Å². The van der Waals surface area contributed by atoms with Crippen molar-refractivity contribution in [2.45, 2.75) is 19.8 Å². The van der Waals surface area contributed by atoms with E-state index in [2.05, 4.69) is 53.6 Å². The molecule has 0 saturated heterocycles. The fourth-order valence-corrected chi connectivity index (χ4v) is 2.33. The lowest BCUT2D eigenvalue weighted by Gasteiger charge is -2.05. The summed E-state index contributed by atoms with van der Waals surface area (Å²) < 4.78 is 5.39. The van der Waals surface area contributed by atoms with Gasteiger partial charge in [-0.3, -0.25) is 0 Å².